The lowest BCUT2D eigenvalue weighted by Crippen LogP contribution is -2.08. The molecule has 0 aromatic heterocycles. The summed E-state index contributed by atoms with van der Waals surface area (Å²) in [5, 5.41) is 2.65. The van der Waals surface area contributed by atoms with Crippen LogP contribution >= 0.6 is 0 Å². The molecule has 50 valence electrons. The summed E-state index contributed by atoms with van der Waals surface area (Å²) < 4.78 is 0. The minimum absolute atomic E-state index is 0.137. The van der Waals surface area contributed by atoms with Gasteiger partial charge in [-0.1, -0.05) is 13.3 Å². The topological polar surface area (TPSA) is 29.1 Å². The molecule has 0 saturated carbocycles. The van der Waals surface area contributed by atoms with E-state index in [2.05, 4.69) is 12.2 Å². The number of hydrogen-bond donors (Lipinski definition) is 1. The standard InChI is InChI=1S/C7H11NO/c1-2-3-6-4-7(9)8-5-6/h5H,2-4H2,1H3,(H,8,9). The number of amides is 1. The van der Waals surface area contributed by atoms with Crippen molar-refractivity contribution < 1.29 is 4.79 Å². The lowest BCUT2D eigenvalue weighted by atomic mass is 10.1. The first-order chi connectivity index (χ1) is 4.33. The third-order valence-corrected chi connectivity index (χ3v) is 1.40. The van der Waals surface area contributed by atoms with Gasteiger partial charge in [0.25, 0.3) is 0 Å². The molecule has 0 bridgehead atoms. The van der Waals surface area contributed by atoms with Crippen LogP contribution in [0.15, 0.2) is 11.8 Å². The van der Waals surface area contributed by atoms with Crippen molar-refractivity contribution in [3.63, 3.8) is 0 Å². The fourth-order valence-corrected chi connectivity index (χ4v) is 0.973. The van der Waals surface area contributed by atoms with E-state index in [9.17, 15) is 4.79 Å². The molecular formula is C7H11NO. The molecule has 0 aromatic rings. The van der Waals surface area contributed by atoms with E-state index >= 15 is 0 Å². The molecule has 9 heavy (non-hydrogen) atoms. The van der Waals surface area contributed by atoms with Crippen molar-refractivity contribution in [3.05, 3.63) is 11.8 Å². The summed E-state index contributed by atoms with van der Waals surface area (Å²) in [5.74, 6) is 0.137. The zero-order valence-electron chi connectivity index (χ0n) is 5.61. The molecule has 0 saturated heterocycles. The number of carbonyl (C=O) groups excluding carboxylic acids is 1. The Hall–Kier alpha value is -0.790. The summed E-state index contributed by atoms with van der Waals surface area (Å²) in [5.41, 5.74) is 1.24. The van der Waals surface area contributed by atoms with E-state index in [0.717, 1.165) is 12.8 Å². The highest BCUT2D eigenvalue weighted by atomic mass is 16.1. The molecule has 0 aliphatic carbocycles. The first kappa shape index (κ1) is 6.33. The zero-order chi connectivity index (χ0) is 6.69. The maximum atomic E-state index is 10.6. The molecular weight excluding hydrogens is 114 g/mol. The summed E-state index contributed by atoms with van der Waals surface area (Å²) in [6.07, 6.45) is 4.62. The average molecular weight is 125 g/mol. The highest BCUT2D eigenvalue weighted by molar-refractivity contribution is 5.82. The van der Waals surface area contributed by atoms with Gasteiger partial charge in [-0.15, -0.1) is 0 Å². The maximum absolute atomic E-state index is 10.6. The third-order valence-electron chi connectivity index (χ3n) is 1.40. The molecule has 0 atom stereocenters. The Balaban J connectivity index is 2.36. The molecule has 1 N–H and O–H groups in total. The van der Waals surface area contributed by atoms with Crippen LogP contribution in [0, 0.1) is 0 Å². The van der Waals surface area contributed by atoms with Gasteiger partial charge in [-0.2, -0.15) is 0 Å². The molecule has 1 amide bonds. The molecule has 0 unspecified atom stereocenters. The summed E-state index contributed by atoms with van der Waals surface area (Å²) in [7, 11) is 0. The minimum Gasteiger partial charge on any atom is -0.332 e. The summed E-state index contributed by atoms with van der Waals surface area (Å²) in [6, 6.07) is 0. The Morgan fingerprint density at radius 2 is 2.56 bits per heavy atom. The van der Waals surface area contributed by atoms with Gasteiger partial charge < -0.3 is 5.32 Å². The van der Waals surface area contributed by atoms with Crippen LogP contribution < -0.4 is 5.32 Å². The van der Waals surface area contributed by atoms with Crippen molar-refractivity contribution in [3.8, 4) is 0 Å². The fraction of sp³-hybridized carbons (Fsp3) is 0.571. The van der Waals surface area contributed by atoms with Crippen molar-refractivity contribution >= 4 is 5.91 Å². The maximum Gasteiger partial charge on any atom is 0.228 e. The predicted octanol–water partition coefficient (Wildman–Crippen LogP) is 1.19. The SMILES string of the molecule is CCCC1=CNC(=O)C1. The van der Waals surface area contributed by atoms with Gasteiger partial charge in [-0.05, 0) is 12.0 Å². The van der Waals surface area contributed by atoms with Crippen LogP contribution in [-0.4, -0.2) is 5.91 Å². The molecule has 1 rings (SSSR count). The zero-order valence-corrected chi connectivity index (χ0v) is 5.61. The van der Waals surface area contributed by atoms with E-state index in [-0.39, 0.29) is 5.91 Å². The van der Waals surface area contributed by atoms with Gasteiger partial charge in [0.15, 0.2) is 0 Å². The monoisotopic (exact) mass is 125 g/mol. The van der Waals surface area contributed by atoms with Crippen molar-refractivity contribution in [2.45, 2.75) is 26.2 Å². The van der Waals surface area contributed by atoms with E-state index in [1.807, 2.05) is 6.20 Å². The Labute approximate surface area is 54.9 Å². The first-order valence-corrected chi connectivity index (χ1v) is 3.30. The van der Waals surface area contributed by atoms with E-state index in [1.54, 1.807) is 0 Å². The van der Waals surface area contributed by atoms with Gasteiger partial charge in [0, 0.05) is 12.6 Å². The second-order valence-electron chi connectivity index (χ2n) is 2.30. The van der Waals surface area contributed by atoms with Gasteiger partial charge in [-0.25, -0.2) is 0 Å². The van der Waals surface area contributed by atoms with Gasteiger partial charge in [0.1, 0.15) is 0 Å². The second-order valence-corrected chi connectivity index (χ2v) is 2.30. The van der Waals surface area contributed by atoms with E-state index < -0.39 is 0 Å². The highest BCUT2D eigenvalue weighted by Crippen LogP contribution is 2.12. The molecule has 0 fully saturated rings. The number of hydrogen-bond acceptors (Lipinski definition) is 1. The Bertz CT molecular complexity index is 149. The van der Waals surface area contributed by atoms with Crippen LogP contribution in [0.1, 0.15) is 26.2 Å². The van der Waals surface area contributed by atoms with Crippen molar-refractivity contribution in [1.82, 2.24) is 5.32 Å². The van der Waals surface area contributed by atoms with Crippen LogP contribution in [0.2, 0.25) is 0 Å². The van der Waals surface area contributed by atoms with Crippen molar-refractivity contribution in [1.29, 1.82) is 0 Å². The predicted molar refractivity (Wildman–Crippen MR) is 35.8 cm³/mol. The summed E-state index contributed by atoms with van der Waals surface area (Å²) in [4.78, 5) is 10.6. The molecule has 0 spiro atoms. The van der Waals surface area contributed by atoms with Crippen molar-refractivity contribution in [2.24, 2.45) is 0 Å². The molecule has 2 nitrogen and oxygen atoms in total. The van der Waals surface area contributed by atoms with Crippen LogP contribution in [0.3, 0.4) is 0 Å². The van der Waals surface area contributed by atoms with Gasteiger partial charge >= 0.3 is 0 Å². The van der Waals surface area contributed by atoms with Crippen LogP contribution in [0.25, 0.3) is 0 Å². The number of nitrogens with one attached hydrogen (secondary N) is 1. The third kappa shape index (κ3) is 1.56. The lowest BCUT2D eigenvalue weighted by Gasteiger charge is -1.91. The van der Waals surface area contributed by atoms with E-state index in [4.69, 9.17) is 0 Å². The van der Waals surface area contributed by atoms with Gasteiger partial charge in [-0.3, -0.25) is 4.79 Å². The molecule has 0 radical (unpaired) electrons. The molecule has 0 aromatic carbocycles. The Kier molecular flexibility index (Phi) is 1.88. The van der Waals surface area contributed by atoms with Gasteiger partial charge in [0.2, 0.25) is 5.91 Å². The largest absolute Gasteiger partial charge is 0.332 e. The highest BCUT2D eigenvalue weighted by Gasteiger charge is 2.09. The molecule has 1 heterocycles. The Morgan fingerprint density at radius 1 is 1.78 bits per heavy atom. The van der Waals surface area contributed by atoms with Crippen LogP contribution in [0.4, 0.5) is 0 Å². The molecule has 1 aliphatic rings. The number of rotatable bonds is 2. The summed E-state index contributed by atoms with van der Waals surface area (Å²) >= 11 is 0. The molecule has 2 heteroatoms. The lowest BCUT2D eigenvalue weighted by molar-refractivity contribution is -0.118. The molecule has 1 aliphatic heterocycles. The average Bonchev–Trinajstić information content (AvgIpc) is 2.17. The normalized spacial score (nSPS) is 17.4. The number of carbonyl (C=O) groups is 1. The van der Waals surface area contributed by atoms with E-state index in [0.29, 0.717) is 6.42 Å². The van der Waals surface area contributed by atoms with Crippen LogP contribution in [0.5, 0.6) is 0 Å². The van der Waals surface area contributed by atoms with Gasteiger partial charge in [0.05, 0.1) is 0 Å². The van der Waals surface area contributed by atoms with E-state index in [1.165, 1.54) is 5.57 Å². The van der Waals surface area contributed by atoms with Crippen molar-refractivity contribution in [2.75, 3.05) is 0 Å². The minimum atomic E-state index is 0.137. The second kappa shape index (κ2) is 2.67. The van der Waals surface area contributed by atoms with Crippen LogP contribution in [-0.2, 0) is 4.79 Å². The summed E-state index contributed by atoms with van der Waals surface area (Å²) in [6.45, 7) is 2.11. The smallest absolute Gasteiger partial charge is 0.228 e. The quantitative estimate of drug-likeness (QED) is 0.590. The first-order valence-electron chi connectivity index (χ1n) is 3.30. The Morgan fingerprint density at radius 3 is 3.00 bits per heavy atom. The fourth-order valence-electron chi connectivity index (χ4n) is 0.973.